The third kappa shape index (κ3) is 2.66. The lowest BCUT2D eigenvalue weighted by atomic mass is 10.2. The maximum atomic E-state index is 5.46. The fourth-order valence-electron chi connectivity index (χ4n) is 3.20. The summed E-state index contributed by atoms with van der Waals surface area (Å²) in [5.74, 6) is 2.36. The summed E-state index contributed by atoms with van der Waals surface area (Å²) in [6.07, 6.45) is 1.82. The van der Waals surface area contributed by atoms with Gasteiger partial charge in [0, 0.05) is 13.1 Å². The van der Waals surface area contributed by atoms with Gasteiger partial charge in [-0.25, -0.2) is 4.98 Å². The van der Waals surface area contributed by atoms with E-state index in [4.69, 9.17) is 24.3 Å². The van der Waals surface area contributed by atoms with Crippen molar-refractivity contribution in [2.24, 2.45) is 5.10 Å². The van der Waals surface area contributed by atoms with Gasteiger partial charge < -0.3 is 19.1 Å². The highest BCUT2D eigenvalue weighted by atomic mass is 16.7. The van der Waals surface area contributed by atoms with E-state index in [1.807, 2.05) is 53.4 Å². The highest BCUT2D eigenvalue weighted by Crippen LogP contribution is 2.32. The molecule has 2 aliphatic rings. The number of morpholine rings is 1. The zero-order valence-corrected chi connectivity index (χ0v) is 14.2. The molecule has 3 aromatic rings. The number of anilines is 1. The van der Waals surface area contributed by atoms with Gasteiger partial charge in [-0.05, 0) is 35.9 Å². The van der Waals surface area contributed by atoms with Crippen molar-refractivity contribution < 1.29 is 14.2 Å². The van der Waals surface area contributed by atoms with Crippen molar-refractivity contribution in [3.63, 3.8) is 0 Å². The van der Waals surface area contributed by atoms with Gasteiger partial charge in [-0.1, -0.05) is 12.1 Å². The van der Waals surface area contributed by atoms with Crippen LogP contribution in [0.25, 0.3) is 11.0 Å². The third-order valence-electron chi connectivity index (χ3n) is 4.53. The number of hydrogen-bond donors (Lipinski definition) is 0. The summed E-state index contributed by atoms with van der Waals surface area (Å²) in [5, 5.41) is 4.72. The maximum Gasteiger partial charge on any atom is 0.231 e. The predicted octanol–water partition coefficient (Wildman–Crippen LogP) is 2.48. The summed E-state index contributed by atoms with van der Waals surface area (Å²) in [5.41, 5.74) is 2.85. The Morgan fingerprint density at radius 3 is 2.77 bits per heavy atom. The highest BCUT2D eigenvalue weighted by Gasteiger charge is 2.19. The molecular weight excluding hydrogens is 332 g/mol. The van der Waals surface area contributed by atoms with Crippen LogP contribution in [-0.2, 0) is 4.74 Å². The molecule has 1 fully saturated rings. The van der Waals surface area contributed by atoms with E-state index in [0.717, 1.165) is 47.1 Å². The number of nitrogens with zero attached hydrogens (tertiary/aromatic N) is 4. The smallest absolute Gasteiger partial charge is 0.231 e. The molecule has 132 valence electrons. The van der Waals surface area contributed by atoms with Crippen molar-refractivity contribution in [3.8, 4) is 11.5 Å². The minimum Gasteiger partial charge on any atom is -0.454 e. The molecular formula is C19H18N4O3. The number of fused-ring (bicyclic) bond motifs is 2. The lowest BCUT2D eigenvalue weighted by Gasteiger charge is -2.27. The predicted molar refractivity (Wildman–Crippen MR) is 98.3 cm³/mol. The zero-order chi connectivity index (χ0) is 17.3. The molecule has 0 bridgehead atoms. The number of para-hydroxylation sites is 2. The first-order valence-electron chi connectivity index (χ1n) is 8.63. The molecule has 0 amide bonds. The van der Waals surface area contributed by atoms with E-state index in [0.29, 0.717) is 13.2 Å². The first kappa shape index (κ1) is 15.2. The average Bonchev–Trinajstić information content (AvgIpc) is 3.31. The van der Waals surface area contributed by atoms with Crippen LogP contribution in [0.5, 0.6) is 11.5 Å². The molecule has 0 atom stereocenters. The molecule has 0 aliphatic carbocycles. The molecule has 0 N–H and O–H groups in total. The second kappa shape index (κ2) is 6.34. The van der Waals surface area contributed by atoms with Gasteiger partial charge in [0.25, 0.3) is 0 Å². The van der Waals surface area contributed by atoms with E-state index in [2.05, 4.69) is 4.90 Å². The Kier molecular flexibility index (Phi) is 3.71. The first-order chi connectivity index (χ1) is 12.9. The number of ether oxygens (including phenoxy) is 3. The van der Waals surface area contributed by atoms with Crippen molar-refractivity contribution in [2.45, 2.75) is 0 Å². The Labute approximate surface area is 150 Å². The Morgan fingerprint density at radius 2 is 1.85 bits per heavy atom. The van der Waals surface area contributed by atoms with E-state index in [-0.39, 0.29) is 6.79 Å². The van der Waals surface area contributed by atoms with Gasteiger partial charge in [0.2, 0.25) is 12.7 Å². The molecule has 0 spiro atoms. The largest absolute Gasteiger partial charge is 0.454 e. The number of imidazole rings is 1. The van der Waals surface area contributed by atoms with Gasteiger partial charge >= 0.3 is 0 Å². The topological polar surface area (TPSA) is 61.1 Å². The first-order valence-corrected chi connectivity index (χ1v) is 8.63. The number of rotatable bonds is 3. The SMILES string of the molecule is C(=Nn1c(N2CCOCC2)nc2ccccc21)c1ccc2c(c1)OCO2. The Hall–Kier alpha value is -3.06. The van der Waals surface area contributed by atoms with Crippen molar-refractivity contribution in [3.05, 3.63) is 48.0 Å². The third-order valence-corrected chi connectivity index (χ3v) is 4.53. The van der Waals surface area contributed by atoms with Crippen LogP contribution in [0.15, 0.2) is 47.6 Å². The fourth-order valence-corrected chi connectivity index (χ4v) is 3.20. The van der Waals surface area contributed by atoms with Gasteiger partial charge in [0.15, 0.2) is 11.5 Å². The van der Waals surface area contributed by atoms with E-state index in [9.17, 15) is 0 Å². The summed E-state index contributed by atoms with van der Waals surface area (Å²) < 4.78 is 18.2. The molecule has 7 nitrogen and oxygen atoms in total. The molecule has 1 saturated heterocycles. The van der Waals surface area contributed by atoms with Crippen molar-refractivity contribution in [1.82, 2.24) is 9.66 Å². The monoisotopic (exact) mass is 350 g/mol. The molecule has 0 unspecified atom stereocenters. The van der Waals surface area contributed by atoms with Gasteiger partial charge in [0.05, 0.1) is 30.5 Å². The van der Waals surface area contributed by atoms with Gasteiger partial charge in [-0.15, -0.1) is 0 Å². The molecule has 0 saturated carbocycles. The normalized spacial score (nSPS) is 16.7. The molecule has 0 radical (unpaired) electrons. The molecule has 26 heavy (non-hydrogen) atoms. The van der Waals surface area contributed by atoms with Crippen LogP contribution in [0.4, 0.5) is 5.95 Å². The standard InChI is InChI=1S/C19H18N4O3/c1-2-4-16-15(3-1)21-19(22-7-9-24-10-8-22)23(16)20-12-14-5-6-17-18(11-14)26-13-25-17/h1-6,11-12H,7-10,13H2. The van der Waals surface area contributed by atoms with Crippen LogP contribution in [0.2, 0.25) is 0 Å². The van der Waals surface area contributed by atoms with Crippen LogP contribution < -0.4 is 14.4 Å². The van der Waals surface area contributed by atoms with Crippen LogP contribution >= 0.6 is 0 Å². The van der Waals surface area contributed by atoms with E-state index < -0.39 is 0 Å². The number of benzene rings is 2. The number of hydrogen-bond acceptors (Lipinski definition) is 6. The molecule has 3 heterocycles. The molecule has 2 aromatic carbocycles. The Bertz CT molecular complexity index is 976. The van der Waals surface area contributed by atoms with Gasteiger partial charge in [0.1, 0.15) is 0 Å². The highest BCUT2D eigenvalue weighted by molar-refractivity contribution is 5.83. The molecule has 7 heteroatoms. The van der Waals surface area contributed by atoms with Crippen molar-refractivity contribution in [1.29, 1.82) is 0 Å². The zero-order valence-electron chi connectivity index (χ0n) is 14.2. The van der Waals surface area contributed by atoms with Crippen LogP contribution in [-0.4, -0.2) is 49.0 Å². The quantitative estimate of drug-likeness (QED) is 0.679. The van der Waals surface area contributed by atoms with E-state index in [1.165, 1.54) is 0 Å². The minimum absolute atomic E-state index is 0.267. The maximum absolute atomic E-state index is 5.46. The summed E-state index contributed by atoms with van der Waals surface area (Å²) >= 11 is 0. The van der Waals surface area contributed by atoms with Gasteiger partial charge in [-0.2, -0.15) is 9.78 Å². The summed E-state index contributed by atoms with van der Waals surface area (Å²) in [7, 11) is 0. The van der Waals surface area contributed by atoms with Crippen LogP contribution in [0.3, 0.4) is 0 Å². The molecule has 1 aromatic heterocycles. The second-order valence-electron chi connectivity index (χ2n) is 6.17. The Morgan fingerprint density at radius 1 is 1.00 bits per heavy atom. The second-order valence-corrected chi connectivity index (χ2v) is 6.17. The van der Waals surface area contributed by atoms with E-state index in [1.54, 1.807) is 0 Å². The van der Waals surface area contributed by atoms with Crippen molar-refractivity contribution >= 4 is 23.2 Å². The Balaban J connectivity index is 1.54. The fraction of sp³-hybridized carbons (Fsp3) is 0.263. The summed E-state index contributed by atoms with van der Waals surface area (Å²) in [6.45, 7) is 3.29. The van der Waals surface area contributed by atoms with Crippen LogP contribution in [0, 0.1) is 0 Å². The lowest BCUT2D eigenvalue weighted by molar-refractivity contribution is 0.122. The summed E-state index contributed by atoms with van der Waals surface area (Å²) in [6, 6.07) is 13.8. The summed E-state index contributed by atoms with van der Waals surface area (Å²) in [4.78, 5) is 6.99. The molecule has 5 rings (SSSR count). The average molecular weight is 350 g/mol. The van der Waals surface area contributed by atoms with E-state index >= 15 is 0 Å². The van der Waals surface area contributed by atoms with Crippen molar-refractivity contribution in [2.75, 3.05) is 38.0 Å². The van der Waals surface area contributed by atoms with Gasteiger partial charge in [-0.3, -0.25) is 0 Å². The lowest BCUT2D eigenvalue weighted by Crippen LogP contribution is -2.37. The minimum atomic E-state index is 0.267. The number of aromatic nitrogens is 2. The van der Waals surface area contributed by atoms with Crippen LogP contribution in [0.1, 0.15) is 5.56 Å². The molecule has 2 aliphatic heterocycles.